The molecule has 1 heterocycles. The van der Waals surface area contributed by atoms with Crippen molar-refractivity contribution in [3.63, 3.8) is 0 Å². The van der Waals surface area contributed by atoms with E-state index in [1.165, 1.54) is 0 Å². The van der Waals surface area contributed by atoms with Gasteiger partial charge in [0.15, 0.2) is 0 Å². The molecular formula is C14H25NO4. The quantitative estimate of drug-likeness (QED) is 0.707. The molecule has 0 aromatic heterocycles. The highest BCUT2D eigenvalue weighted by atomic mass is 16.5. The Morgan fingerprint density at radius 1 is 1.37 bits per heavy atom. The van der Waals surface area contributed by atoms with E-state index in [1.807, 2.05) is 6.92 Å². The fraction of sp³-hybridized carbons (Fsp3) is 0.857. The maximum absolute atomic E-state index is 11.8. The maximum Gasteiger partial charge on any atom is 0.326 e. The summed E-state index contributed by atoms with van der Waals surface area (Å²) in [5, 5.41) is 11.7. The first-order valence-corrected chi connectivity index (χ1v) is 7.23. The van der Waals surface area contributed by atoms with E-state index in [-0.39, 0.29) is 5.91 Å². The van der Waals surface area contributed by atoms with Crippen molar-refractivity contribution in [2.24, 2.45) is 5.92 Å². The van der Waals surface area contributed by atoms with Crippen molar-refractivity contribution in [2.75, 3.05) is 13.2 Å². The van der Waals surface area contributed by atoms with Gasteiger partial charge < -0.3 is 15.2 Å². The third kappa shape index (κ3) is 6.57. The minimum Gasteiger partial charge on any atom is -0.480 e. The van der Waals surface area contributed by atoms with Gasteiger partial charge in [0.1, 0.15) is 6.04 Å². The molecule has 1 rings (SSSR count). The zero-order valence-electron chi connectivity index (χ0n) is 11.7. The molecule has 5 nitrogen and oxygen atoms in total. The molecule has 0 spiro atoms. The number of unbranched alkanes of at least 4 members (excludes halogenated alkanes) is 1. The average molecular weight is 271 g/mol. The zero-order chi connectivity index (χ0) is 14.1. The van der Waals surface area contributed by atoms with Crippen LogP contribution in [-0.2, 0) is 14.3 Å². The van der Waals surface area contributed by atoms with Crippen molar-refractivity contribution >= 4 is 11.9 Å². The molecule has 1 aliphatic rings. The van der Waals surface area contributed by atoms with Crippen molar-refractivity contribution in [3.8, 4) is 0 Å². The molecule has 0 aliphatic carbocycles. The molecule has 1 aliphatic heterocycles. The molecule has 1 fully saturated rings. The number of aliphatic carboxylic acids is 1. The highest BCUT2D eigenvalue weighted by Gasteiger charge is 2.20. The summed E-state index contributed by atoms with van der Waals surface area (Å²) in [5.74, 6) is -0.540. The van der Waals surface area contributed by atoms with Gasteiger partial charge in [-0.25, -0.2) is 4.79 Å². The number of carboxylic acid groups (broad SMARTS) is 1. The topological polar surface area (TPSA) is 75.6 Å². The van der Waals surface area contributed by atoms with Crippen LogP contribution in [0.4, 0.5) is 0 Å². The fourth-order valence-corrected chi connectivity index (χ4v) is 2.30. The number of nitrogens with one attached hydrogen (secondary N) is 1. The van der Waals surface area contributed by atoms with Crippen molar-refractivity contribution in [1.29, 1.82) is 0 Å². The summed E-state index contributed by atoms with van der Waals surface area (Å²) in [6.07, 6.45) is 5.51. The molecule has 110 valence electrons. The smallest absolute Gasteiger partial charge is 0.326 e. The molecule has 1 amide bonds. The standard InChI is InChI=1S/C14H25NO4/c1-2-3-4-12(14(17)18)15-13(16)6-5-11-7-9-19-10-8-11/h11-12H,2-10H2,1H3,(H,15,16)(H,17,18). The molecule has 0 bridgehead atoms. The average Bonchev–Trinajstić information content (AvgIpc) is 2.42. The fourth-order valence-electron chi connectivity index (χ4n) is 2.30. The largest absolute Gasteiger partial charge is 0.480 e. The Morgan fingerprint density at radius 3 is 2.63 bits per heavy atom. The predicted octanol–water partition coefficient (Wildman–Crippen LogP) is 1.95. The minimum atomic E-state index is -0.937. The van der Waals surface area contributed by atoms with Crippen LogP contribution in [0, 0.1) is 5.92 Å². The summed E-state index contributed by atoms with van der Waals surface area (Å²) in [7, 11) is 0. The van der Waals surface area contributed by atoms with Crippen LogP contribution in [0.15, 0.2) is 0 Å². The molecule has 0 aromatic carbocycles. The number of carbonyl (C=O) groups excluding carboxylic acids is 1. The lowest BCUT2D eigenvalue weighted by atomic mass is 9.95. The Bertz CT molecular complexity index is 287. The molecule has 1 saturated heterocycles. The molecule has 2 N–H and O–H groups in total. The lowest BCUT2D eigenvalue weighted by Gasteiger charge is -2.22. The van der Waals surface area contributed by atoms with Gasteiger partial charge in [-0.1, -0.05) is 19.8 Å². The Kier molecular flexibility index (Phi) is 7.48. The second kappa shape index (κ2) is 8.91. The molecular weight excluding hydrogens is 246 g/mol. The first-order valence-electron chi connectivity index (χ1n) is 7.23. The summed E-state index contributed by atoms with van der Waals surface area (Å²) in [5.41, 5.74) is 0. The van der Waals surface area contributed by atoms with E-state index >= 15 is 0 Å². The van der Waals surface area contributed by atoms with Gasteiger partial charge >= 0.3 is 5.97 Å². The van der Waals surface area contributed by atoms with Gasteiger partial charge in [-0.15, -0.1) is 0 Å². The van der Waals surface area contributed by atoms with E-state index in [0.29, 0.717) is 18.8 Å². The van der Waals surface area contributed by atoms with E-state index < -0.39 is 12.0 Å². The van der Waals surface area contributed by atoms with E-state index in [9.17, 15) is 9.59 Å². The highest BCUT2D eigenvalue weighted by molar-refractivity contribution is 5.83. The first kappa shape index (κ1) is 16.0. The van der Waals surface area contributed by atoms with Crippen LogP contribution in [0.2, 0.25) is 0 Å². The van der Waals surface area contributed by atoms with Crippen LogP contribution < -0.4 is 5.32 Å². The molecule has 19 heavy (non-hydrogen) atoms. The third-order valence-corrected chi connectivity index (χ3v) is 3.60. The number of rotatable bonds is 8. The highest BCUT2D eigenvalue weighted by Crippen LogP contribution is 2.19. The molecule has 0 saturated carbocycles. The summed E-state index contributed by atoms with van der Waals surface area (Å²) in [4.78, 5) is 22.8. The molecule has 0 aromatic rings. The Morgan fingerprint density at radius 2 is 2.05 bits per heavy atom. The van der Waals surface area contributed by atoms with Crippen molar-refractivity contribution in [3.05, 3.63) is 0 Å². The number of hydrogen-bond acceptors (Lipinski definition) is 3. The molecule has 5 heteroatoms. The van der Waals surface area contributed by atoms with Gasteiger partial charge in [0.25, 0.3) is 0 Å². The summed E-state index contributed by atoms with van der Waals surface area (Å²) >= 11 is 0. The third-order valence-electron chi connectivity index (χ3n) is 3.60. The lowest BCUT2D eigenvalue weighted by molar-refractivity contribution is -0.142. The van der Waals surface area contributed by atoms with E-state index in [0.717, 1.165) is 45.3 Å². The van der Waals surface area contributed by atoms with E-state index in [2.05, 4.69) is 5.32 Å². The van der Waals surface area contributed by atoms with E-state index in [1.54, 1.807) is 0 Å². The summed E-state index contributed by atoms with van der Waals surface area (Å²) in [6, 6.07) is -0.734. The van der Waals surface area contributed by atoms with Gasteiger partial charge in [-0.3, -0.25) is 4.79 Å². The number of hydrogen-bond donors (Lipinski definition) is 2. The Balaban J connectivity index is 2.25. The SMILES string of the molecule is CCCCC(NC(=O)CCC1CCOCC1)C(=O)O. The Labute approximate surface area is 114 Å². The van der Waals surface area contributed by atoms with Gasteiger partial charge in [0.05, 0.1) is 0 Å². The second-order valence-corrected chi connectivity index (χ2v) is 5.19. The molecule has 1 atom stereocenters. The Hall–Kier alpha value is -1.10. The number of ether oxygens (including phenoxy) is 1. The summed E-state index contributed by atoms with van der Waals surface area (Å²) in [6.45, 7) is 3.56. The number of carboxylic acids is 1. The van der Waals surface area contributed by atoms with Crippen molar-refractivity contribution in [2.45, 2.75) is 57.9 Å². The minimum absolute atomic E-state index is 0.144. The van der Waals surface area contributed by atoms with Crippen LogP contribution in [-0.4, -0.2) is 36.2 Å². The van der Waals surface area contributed by atoms with Crippen LogP contribution in [0.3, 0.4) is 0 Å². The van der Waals surface area contributed by atoms with Crippen LogP contribution in [0.5, 0.6) is 0 Å². The zero-order valence-corrected chi connectivity index (χ0v) is 11.7. The monoisotopic (exact) mass is 271 g/mol. The van der Waals surface area contributed by atoms with E-state index in [4.69, 9.17) is 9.84 Å². The maximum atomic E-state index is 11.8. The van der Waals surface area contributed by atoms with Crippen LogP contribution in [0.1, 0.15) is 51.9 Å². The van der Waals surface area contributed by atoms with Crippen molar-refractivity contribution in [1.82, 2.24) is 5.32 Å². The lowest BCUT2D eigenvalue weighted by Crippen LogP contribution is -2.40. The first-order chi connectivity index (χ1) is 9.13. The number of amides is 1. The normalized spacial score (nSPS) is 17.9. The van der Waals surface area contributed by atoms with Gasteiger partial charge in [-0.05, 0) is 31.6 Å². The molecule has 0 radical (unpaired) electrons. The van der Waals surface area contributed by atoms with Crippen molar-refractivity contribution < 1.29 is 19.4 Å². The van der Waals surface area contributed by atoms with Gasteiger partial charge in [0.2, 0.25) is 5.91 Å². The summed E-state index contributed by atoms with van der Waals surface area (Å²) < 4.78 is 5.27. The van der Waals surface area contributed by atoms with Gasteiger partial charge in [0, 0.05) is 19.6 Å². The number of carbonyl (C=O) groups is 2. The molecule has 1 unspecified atom stereocenters. The van der Waals surface area contributed by atoms with Crippen LogP contribution >= 0.6 is 0 Å². The second-order valence-electron chi connectivity index (χ2n) is 5.19. The van der Waals surface area contributed by atoms with Crippen LogP contribution in [0.25, 0.3) is 0 Å². The van der Waals surface area contributed by atoms with Gasteiger partial charge in [-0.2, -0.15) is 0 Å². The predicted molar refractivity (Wildman–Crippen MR) is 71.9 cm³/mol.